The van der Waals surface area contributed by atoms with E-state index in [9.17, 15) is 14.7 Å². The van der Waals surface area contributed by atoms with Crippen molar-refractivity contribution in [1.29, 1.82) is 0 Å². The van der Waals surface area contributed by atoms with Gasteiger partial charge in [-0.25, -0.2) is 4.79 Å². The zero-order chi connectivity index (χ0) is 15.2. The first-order valence-corrected chi connectivity index (χ1v) is 7.62. The summed E-state index contributed by atoms with van der Waals surface area (Å²) in [5.74, 6) is -1.27. The minimum atomic E-state index is -1.06. The van der Waals surface area contributed by atoms with Gasteiger partial charge < -0.3 is 15.7 Å². The highest BCUT2D eigenvalue weighted by molar-refractivity contribution is 9.10. The van der Waals surface area contributed by atoms with Crippen molar-refractivity contribution >= 4 is 33.5 Å². The van der Waals surface area contributed by atoms with Gasteiger partial charge in [-0.1, -0.05) is 6.07 Å². The molecule has 0 spiro atoms. The third-order valence-corrected chi connectivity index (χ3v) is 3.97. The molecule has 6 nitrogen and oxygen atoms in total. The number of anilines is 1. The molecule has 0 unspecified atom stereocenters. The van der Waals surface area contributed by atoms with Crippen LogP contribution in [0.25, 0.3) is 0 Å². The van der Waals surface area contributed by atoms with Gasteiger partial charge in [-0.3, -0.25) is 9.69 Å². The van der Waals surface area contributed by atoms with Crippen molar-refractivity contribution in [2.75, 3.05) is 38.0 Å². The lowest BCUT2D eigenvalue weighted by molar-refractivity contribution is -0.117. The summed E-state index contributed by atoms with van der Waals surface area (Å²) in [5.41, 5.74) is 0.387. The Kier molecular flexibility index (Phi) is 5.72. The third-order valence-electron chi connectivity index (χ3n) is 3.31. The van der Waals surface area contributed by atoms with Crippen LogP contribution in [0.4, 0.5) is 5.69 Å². The fraction of sp³-hybridized carbons (Fsp3) is 0.429. The fourth-order valence-electron chi connectivity index (χ4n) is 2.27. The second-order valence-corrected chi connectivity index (χ2v) is 5.75. The summed E-state index contributed by atoms with van der Waals surface area (Å²) in [6.07, 6.45) is 1.00. The second-order valence-electron chi connectivity index (χ2n) is 4.90. The molecule has 1 aromatic carbocycles. The Morgan fingerprint density at radius 2 is 2.14 bits per heavy atom. The van der Waals surface area contributed by atoms with Crippen molar-refractivity contribution in [2.45, 2.75) is 6.42 Å². The molecule has 1 aliphatic rings. The number of hydrogen-bond acceptors (Lipinski definition) is 4. The summed E-state index contributed by atoms with van der Waals surface area (Å²) >= 11 is 3.28. The van der Waals surface area contributed by atoms with Crippen LogP contribution in [0.3, 0.4) is 0 Å². The highest BCUT2D eigenvalue weighted by atomic mass is 79.9. The smallest absolute Gasteiger partial charge is 0.337 e. The van der Waals surface area contributed by atoms with Crippen molar-refractivity contribution < 1.29 is 14.7 Å². The van der Waals surface area contributed by atoms with Crippen LogP contribution in [0.1, 0.15) is 16.8 Å². The quantitative estimate of drug-likeness (QED) is 0.760. The van der Waals surface area contributed by atoms with Crippen LogP contribution in [-0.4, -0.2) is 54.6 Å². The molecule has 1 amide bonds. The predicted octanol–water partition coefficient (Wildman–Crippen LogP) is 1.38. The summed E-state index contributed by atoms with van der Waals surface area (Å²) in [6, 6.07) is 4.81. The lowest BCUT2D eigenvalue weighted by Crippen LogP contribution is -2.36. The number of rotatable bonds is 4. The molecule has 1 heterocycles. The average Bonchev–Trinajstić information content (AvgIpc) is 2.69. The van der Waals surface area contributed by atoms with Crippen molar-refractivity contribution in [3.05, 3.63) is 28.2 Å². The molecule has 114 valence electrons. The van der Waals surface area contributed by atoms with Crippen LogP contribution < -0.4 is 10.6 Å². The molecule has 1 aliphatic heterocycles. The maximum absolute atomic E-state index is 12.1. The molecular formula is C14H18BrN3O3. The number of carbonyl (C=O) groups is 2. The first kappa shape index (κ1) is 15.9. The molecule has 0 saturated carbocycles. The Morgan fingerprint density at radius 1 is 1.33 bits per heavy atom. The maximum Gasteiger partial charge on any atom is 0.337 e. The van der Waals surface area contributed by atoms with E-state index >= 15 is 0 Å². The predicted molar refractivity (Wildman–Crippen MR) is 83.7 cm³/mol. The number of nitrogens with zero attached hydrogens (tertiary/aromatic N) is 1. The van der Waals surface area contributed by atoms with Crippen molar-refractivity contribution in [2.24, 2.45) is 0 Å². The summed E-state index contributed by atoms with van der Waals surface area (Å²) in [5, 5.41) is 15.1. The number of hydrogen-bond donors (Lipinski definition) is 3. The summed E-state index contributed by atoms with van der Waals surface area (Å²) in [4.78, 5) is 25.4. The van der Waals surface area contributed by atoms with Crippen LogP contribution in [0, 0.1) is 0 Å². The van der Waals surface area contributed by atoms with Gasteiger partial charge in [-0.05, 0) is 47.6 Å². The van der Waals surface area contributed by atoms with E-state index < -0.39 is 5.97 Å². The van der Waals surface area contributed by atoms with Gasteiger partial charge in [0.25, 0.3) is 0 Å². The molecule has 2 rings (SSSR count). The number of nitrogens with one attached hydrogen (secondary N) is 2. The second kappa shape index (κ2) is 7.53. The Balaban J connectivity index is 2.03. The Morgan fingerprint density at radius 3 is 2.90 bits per heavy atom. The number of para-hydroxylation sites is 1. The van der Waals surface area contributed by atoms with Crippen molar-refractivity contribution in [3.8, 4) is 0 Å². The zero-order valence-electron chi connectivity index (χ0n) is 11.6. The fourth-order valence-corrected chi connectivity index (χ4v) is 2.74. The zero-order valence-corrected chi connectivity index (χ0v) is 13.1. The number of halogens is 1. The van der Waals surface area contributed by atoms with Crippen LogP contribution in [0.2, 0.25) is 0 Å². The molecule has 0 aromatic heterocycles. The number of benzene rings is 1. The van der Waals surface area contributed by atoms with E-state index in [1.165, 1.54) is 6.07 Å². The lowest BCUT2D eigenvalue weighted by Gasteiger charge is -2.19. The van der Waals surface area contributed by atoms with Gasteiger partial charge in [0, 0.05) is 17.6 Å². The number of amides is 1. The Labute approximate surface area is 131 Å². The molecule has 0 aliphatic carbocycles. The highest BCUT2D eigenvalue weighted by Gasteiger charge is 2.17. The van der Waals surface area contributed by atoms with Gasteiger partial charge in [0.2, 0.25) is 5.91 Å². The summed E-state index contributed by atoms with van der Waals surface area (Å²) < 4.78 is 0.563. The molecule has 0 bridgehead atoms. The standard InChI is InChI=1S/C14H18BrN3O3/c15-11-4-1-3-10(14(20)21)13(11)17-12(19)9-18-7-2-5-16-6-8-18/h1,3-4,16H,2,5-9H2,(H,17,19)(H,20,21). The van der Waals surface area contributed by atoms with Crippen LogP contribution in [0.5, 0.6) is 0 Å². The largest absolute Gasteiger partial charge is 0.478 e. The van der Waals surface area contributed by atoms with E-state index in [2.05, 4.69) is 31.5 Å². The molecule has 1 aromatic rings. The summed E-state index contributed by atoms with van der Waals surface area (Å²) in [7, 11) is 0. The van der Waals surface area contributed by atoms with E-state index in [1.54, 1.807) is 12.1 Å². The van der Waals surface area contributed by atoms with Gasteiger partial charge in [-0.2, -0.15) is 0 Å². The first-order valence-electron chi connectivity index (χ1n) is 6.82. The van der Waals surface area contributed by atoms with Crippen LogP contribution in [-0.2, 0) is 4.79 Å². The molecule has 3 N–H and O–H groups in total. The molecule has 0 radical (unpaired) electrons. The molecule has 7 heteroatoms. The maximum atomic E-state index is 12.1. The minimum Gasteiger partial charge on any atom is -0.478 e. The highest BCUT2D eigenvalue weighted by Crippen LogP contribution is 2.26. The van der Waals surface area contributed by atoms with E-state index in [1.807, 2.05) is 0 Å². The number of carbonyl (C=O) groups excluding carboxylic acids is 1. The first-order chi connectivity index (χ1) is 10.1. The van der Waals surface area contributed by atoms with Gasteiger partial charge in [-0.15, -0.1) is 0 Å². The van der Waals surface area contributed by atoms with Crippen molar-refractivity contribution in [3.63, 3.8) is 0 Å². The number of carboxylic acid groups (broad SMARTS) is 1. The molecule has 1 saturated heterocycles. The molecule has 21 heavy (non-hydrogen) atoms. The molecule has 0 atom stereocenters. The minimum absolute atomic E-state index is 0.0789. The Bertz CT molecular complexity index is 528. The van der Waals surface area contributed by atoms with Crippen LogP contribution >= 0.6 is 15.9 Å². The molecule has 1 fully saturated rings. The average molecular weight is 356 g/mol. The van der Waals surface area contributed by atoms with Gasteiger partial charge in [0.15, 0.2) is 0 Å². The third kappa shape index (κ3) is 4.52. The van der Waals surface area contributed by atoms with E-state index in [0.717, 1.165) is 32.6 Å². The topological polar surface area (TPSA) is 81.7 Å². The number of aromatic carboxylic acids is 1. The van der Waals surface area contributed by atoms with Gasteiger partial charge >= 0.3 is 5.97 Å². The van der Waals surface area contributed by atoms with Crippen LogP contribution in [0.15, 0.2) is 22.7 Å². The van der Waals surface area contributed by atoms with E-state index in [0.29, 0.717) is 10.2 Å². The lowest BCUT2D eigenvalue weighted by atomic mass is 10.2. The van der Waals surface area contributed by atoms with E-state index in [-0.39, 0.29) is 18.0 Å². The van der Waals surface area contributed by atoms with Gasteiger partial charge in [0.1, 0.15) is 0 Å². The van der Waals surface area contributed by atoms with Gasteiger partial charge in [0.05, 0.1) is 17.8 Å². The SMILES string of the molecule is O=C(CN1CCCNCC1)Nc1c(Br)cccc1C(=O)O. The monoisotopic (exact) mass is 355 g/mol. The normalized spacial score (nSPS) is 16.2. The molecular weight excluding hydrogens is 338 g/mol. The number of carboxylic acids is 1. The Hall–Kier alpha value is -1.44. The van der Waals surface area contributed by atoms with E-state index in [4.69, 9.17) is 0 Å². The summed E-state index contributed by atoms with van der Waals surface area (Å²) in [6.45, 7) is 3.77. The van der Waals surface area contributed by atoms with Crippen molar-refractivity contribution in [1.82, 2.24) is 10.2 Å².